The first-order valence-electron chi connectivity index (χ1n) is 12.0. The predicted octanol–water partition coefficient (Wildman–Crippen LogP) is 7.78. The van der Waals surface area contributed by atoms with Gasteiger partial charge in [-0.2, -0.15) is 0 Å². The molecule has 2 aliphatic carbocycles. The van der Waals surface area contributed by atoms with E-state index in [2.05, 4.69) is 60.7 Å². The largest absolute Gasteiger partial charge is 0.493 e. The van der Waals surface area contributed by atoms with Crippen molar-refractivity contribution >= 4 is 12.2 Å². The van der Waals surface area contributed by atoms with Crippen LogP contribution in [0, 0.1) is 11.8 Å². The minimum Gasteiger partial charge on any atom is -0.493 e. The second kappa shape index (κ2) is 11.2. The zero-order chi connectivity index (χ0) is 20.4. The molecule has 2 saturated carbocycles. The van der Waals surface area contributed by atoms with E-state index >= 15 is 0 Å². The predicted molar refractivity (Wildman–Crippen MR) is 126 cm³/mol. The summed E-state index contributed by atoms with van der Waals surface area (Å²) in [4.78, 5) is 0. The highest BCUT2D eigenvalue weighted by atomic mass is 16.5. The van der Waals surface area contributed by atoms with Crippen LogP contribution in [0.15, 0.2) is 48.5 Å². The van der Waals surface area contributed by atoms with Crippen molar-refractivity contribution in [1.29, 1.82) is 0 Å². The van der Waals surface area contributed by atoms with E-state index < -0.39 is 0 Å². The summed E-state index contributed by atoms with van der Waals surface area (Å²) in [5.41, 5.74) is 2.38. The Morgan fingerprint density at radius 3 is 1.27 bits per heavy atom. The number of hydrogen-bond donors (Lipinski definition) is 0. The van der Waals surface area contributed by atoms with Gasteiger partial charge < -0.3 is 9.47 Å². The molecule has 0 atom stereocenters. The summed E-state index contributed by atoms with van der Waals surface area (Å²) in [5.74, 6) is 3.45. The zero-order valence-electron chi connectivity index (χ0n) is 18.2. The molecule has 0 unspecified atom stereocenters. The van der Waals surface area contributed by atoms with Gasteiger partial charge in [0.1, 0.15) is 11.5 Å². The second-order valence-corrected chi connectivity index (χ2v) is 9.10. The Morgan fingerprint density at radius 2 is 0.900 bits per heavy atom. The maximum atomic E-state index is 6.01. The molecule has 2 fully saturated rings. The van der Waals surface area contributed by atoms with Crippen molar-refractivity contribution in [3.05, 3.63) is 59.7 Å². The molecule has 2 nitrogen and oxygen atoms in total. The maximum absolute atomic E-state index is 6.01. The van der Waals surface area contributed by atoms with Crippen LogP contribution in [0.2, 0.25) is 0 Å². The molecule has 0 heterocycles. The lowest BCUT2D eigenvalue weighted by Crippen LogP contribution is -2.15. The monoisotopic (exact) mass is 404 g/mol. The maximum Gasteiger partial charge on any atom is 0.119 e. The molecular weight excluding hydrogens is 368 g/mol. The first kappa shape index (κ1) is 21.0. The van der Waals surface area contributed by atoms with Gasteiger partial charge in [-0.1, -0.05) is 74.9 Å². The Labute approximate surface area is 182 Å². The van der Waals surface area contributed by atoms with Crippen LogP contribution in [0.5, 0.6) is 11.5 Å². The van der Waals surface area contributed by atoms with Crippen molar-refractivity contribution in [2.45, 2.75) is 64.2 Å². The summed E-state index contributed by atoms with van der Waals surface area (Å²) in [6, 6.07) is 16.9. The number of hydrogen-bond acceptors (Lipinski definition) is 2. The summed E-state index contributed by atoms with van der Waals surface area (Å²) in [5, 5.41) is 0. The van der Waals surface area contributed by atoms with E-state index in [1.807, 2.05) is 0 Å². The van der Waals surface area contributed by atoms with Crippen LogP contribution in [0.3, 0.4) is 0 Å². The standard InChI is InChI=1S/C28H36O2/c1-3-7-25(8-4-1)21-29-27-17-13-23(14-18-27)11-12-24-15-19-28(20-16-24)30-22-26-9-5-2-6-10-26/h11-20,25-26H,1-10,21-22H2/b12-11+. The number of rotatable bonds is 8. The van der Waals surface area contributed by atoms with Crippen molar-refractivity contribution in [2.75, 3.05) is 13.2 Å². The average molecular weight is 405 g/mol. The van der Waals surface area contributed by atoms with Crippen molar-refractivity contribution < 1.29 is 9.47 Å². The Hall–Kier alpha value is -2.22. The highest BCUT2D eigenvalue weighted by molar-refractivity contribution is 5.70. The lowest BCUT2D eigenvalue weighted by Gasteiger charge is -2.21. The molecule has 2 aromatic rings. The average Bonchev–Trinajstić information content (AvgIpc) is 2.83. The molecule has 2 aromatic carbocycles. The minimum absolute atomic E-state index is 0.743. The van der Waals surface area contributed by atoms with E-state index in [1.54, 1.807) is 0 Å². The normalized spacial score (nSPS) is 18.5. The summed E-state index contributed by atoms with van der Waals surface area (Å²) in [7, 11) is 0. The lowest BCUT2D eigenvalue weighted by atomic mass is 9.90. The SMILES string of the molecule is C(=C\c1ccc(OCC2CCCCC2)cc1)/c1ccc(OCC2CCCCC2)cc1. The quantitative estimate of drug-likeness (QED) is 0.418. The van der Waals surface area contributed by atoms with Crippen LogP contribution < -0.4 is 9.47 Å². The molecule has 30 heavy (non-hydrogen) atoms. The van der Waals surface area contributed by atoms with E-state index in [1.165, 1.54) is 75.3 Å². The van der Waals surface area contributed by atoms with Gasteiger partial charge >= 0.3 is 0 Å². The van der Waals surface area contributed by atoms with Crippen molar-refractivity contribution in [3.63, 3.8) is 0 Å². The summed E-state index contributed by atoms with van der Waals surface area (Å²) in [6.45, 7) is 1.73. The fourth-order valence-electron chi connectivity index (χ4n) is 4.68. The Morgan fingerprint density at radius 1 is 0.533 bits per heavy atom. The molecule has 0 spiro atoms. The van der Waals surface area contributed by atoms with Crippen molar-refractivity contribution in [2.24, 2.45) is 11.8 Å². The van der Waals surface area contributed by atoms with Gasteiger partial charge in [-0.15, -0.1) is 0 Å². The zero-order valence-corrected chi connectivity index (χ0v) is 18.2. The van der Waals surface area contributed by atoms with Crippen LogP contribution >= 0.6 is 0 Å². The van der Waals surface area contributed by atoms with Gasteiger partial charge in [-0.3, -0.25) is 0 Å². The molecule has 4 rings (SSSR count). The molecule has 0 aliphatic heterocycles. The first-order valence-corrected chi connectivity index (χ1v) is 12.0. The van der Waals surface area contributed by atoms with Crippen LogP contribution in [0.1, 0.15) is 75.3 Å². The molecule has 0 saturated heterocycles. The van der Waals surface area contributed by atoms with E-state index in [4.69, 9.17) is 9.47 Å². The van der Waals surface area contributed by atoms with Gasteiger partial charge in [0.2, 0.25) is 0 Å². The lowest BCUT2D eigenvalue weighted by molar-refractivity contribution is 0.209. The fourth-order valence-corrected chi connectivity index (χ4v) is 4.68. The van der Waals surface area contributed by atoms with Gasteiger partial charge in [-0.05, 0) is 72.9 Å². The van der Waals surface area contributed by atoms with Gasteiger partial charge in [-0.25, -0.2) is 0 Å². The molecule has 2 heteroatoms. The van der Waals surface area contributed by atoms with Crippen molar-refractivity contribution in [3.8, 4) is 11.5 Å². The molecule has 0 bridgehead atoms. The first-order chi connectivity index (χ1) is 14.8. The van der Waals surface area contributed by atoms with Gasteiger partial charge in [0, 0.05) is 0 Å². The molecule has 2 aliphatic rings. The number of ether oxygens (including phenoxy) is 2. The molecule has 0 aromatic heterocycles. The Kier molecular flexibility index (Phi) is 7.88. The summed E-state index contributed by atoms with van der Waals surface area (Å²) < 4.78 is 12.0. The third kappa shape index (κ3) is 6.65. The smallest absolute Gasteiger partial charge is 0.119 e. The molecule has 0 radical (unpaired) electrons. The van der Waals surface area contributed by atoms with Gasteiger partial charge in [0.15, 0.2) is 0 Å². The summed E-state index contributed by atoms with van der Waals surface area (Å²) >= 11 is 0. The molecular formula is C28H36O2. The Balaban J connectivity index is 1.22. The highest BCUT2D eigenvalue weighted by Gasteiger charge is 2.14. The van der Waals surface area contributed by atoms with E-state index in [-0.39, 0.29) is 0 Å². The molecule has 0 amide bonds. The highest BCUT2D eigenvalue weighted by Crippen LogP contribution is 2.26. The summed E-state index contributed by atoms with van der Waals surface area (Å²) in [6.07, 6.45) is 17.9. The third-order valence-electron chi connectivity index (χ3n) is 6.65. The second-order valence-electron chi connectivity index (χ2n) is 9.10. The van der Waals surface area contributed by atoms with E-state index in [9.17, 15) is 0 Å². The fraction of sp³-hybridized carbons (Fsp3) is 0.500. The topological polar surface area (TPSA) is 18.5 Å². The van der Waals surface area contributed by atoms with E-state index in [0.29, 0.717) is 0 Å². The van der Waals surface area contributed by atoms with E-state index in [0.717, 1.165) is 36.5 Å². The van der Waals surface area contributed by atoms with Crippen molar-refractivity contribution in [1.82, 2.24) is 0 Å². The third-order valence-corrected chi connectivity index (χ3v) is 6.65. The molecule has 0 N–H and O–H groups in total. The van der Waals surface area contributed by atoms with Crippen LogP contribution in [-0.2, 0) is 0 Å². The Bertz CT molecular complexity index is 696. The van der Waals surface area contributed by atoms with Crippen LogP contribution in [0.4, 0.5) is 0 Å². The van der Waals surface area contributed by atoms with Gasteiger partial charge in [0.05, 0.1) is 13.2 Å². The van der Waals surface area contributed by atoms with Crippen LogP contribution in [0.25, 0.3) is 12.2 Å². The number of benzene rings is 2. The van der Waals surface area contributed by atoms with Gasteiger partial charge in [0.25, 0.3) is 0 Å². The minimum atomic E-state index is 0.743. The van der Waals surface area contributed by atoms with Crippen LogP contribution in [-0.4, -0.2) is 13.2 Å². The molecule has 160 valence electrons.